The first-order valence-corrected chi connectivity index (χ1v) is 5.95. The van der Waals surface area contributed by atoms with Crippen LogP contribution in [-0.4, -0.2) is 44.0 Å². The summed E-state index contributed by atoms with van der Waals surface area (Å²) in [6.07, 6.45) is 4.46. The predicted molar refractivity (Wildman–Crippen MR) is 61.0 cm³/mol. The number of likely N-dealkylation sites (tertiary alicyclic amines) is 1. The van der Waals surface area contributed by atoms with Gasteiger partial charge in [0.25, 0.3) is 0 Å². The summed E-state index contributed by atoms with van der Waals surface area (Å²) in [5.74, 6) is 0.703. The van der Waals surface area contributed by atoms with Crippen molar-refractivity contribution in [3.05, 3.63) is 0 Å². The molecule has 0 aromatic rings. The number of ketones is 1. The second kappa shape index (κ2) is 6.96. The highest BCUT2D eigenvalue weighted by atomic mass is 16.5. The van der Waals surface area contributed by atoms with Gasteiger partial charge < -0.3 is 9.64 Å². The number of hydrogen-bond donors (Lipinski definition) is 0. The normalized spacial score (nSPS) is 19.3. The maximum atomic E-state index is 11.2. The highest BCUT2D eigenvalue weighted by Crippen LogP contribution is 2.18. The van der Waals surface area contributed by atoms with Crippen LogP contribution >= 0.6 is 0 Å². The van der Waals surface area contributed by atoms with Crippen molar-refractivity contribution in [2.24, 2.45) is 5.92 Å². The monoisotopic (exact) mass is 213 g/mol. The van der Waals surface area contributed by atoms with Gasteiger partial charge in [0.2, 0.25) is 0 Å². The van der Waals surface area contributed by atoms with Crippen LogP contribution in [0.1, 0.15) is 32.6 Å². The molecule has 0 amide bonds. The van der Waals surface area contributed by atoms with E-state index in [9.17, 15) is 4.79 Å². The minimum atomic E-state index is 0.334. The third kappa shape index (κ3) is 4.76. The molecule has 88 valence electrons. The summed E-state index contributed by atoms with van der Waals surface area (Å²) in [6.45, 7) is 5.94. The number of rotatable bonds is 6. The van der Waals surface area contributed by atoms with Crippen LogP contribution in [0.25, 0.3) is 0 Å². The van der Waals surface area contributed by atoms with Gasteiger partial charge in [-0.2, -0.15) is 0 Å². The molecule has 1 aliphatic heterocycles. The summed E-state index contributed by atoms with van der Waals surface area (Å²) in [7, 11) is 1.75. The number of Topliss-reactive ketones (excluding diaryl/α,β-unsaturated/α-hetero) is 1. The minimum Gasteiger partial charge on any atom is -0.385 e. The average Bonchev–Trinajstić information content (AvgIpc) is 2.25. The number of carbonyl (C=O) groups is 1. The molecule has 0 spiro atoms. The second-order valence-electron chi connectivity index (χ2n) is 4.43. The Kier molecular flexibility index (Phi) is 5.88. The fraction of sp³-hybridized carbons (Fsp3) is 0.917. The molecule has 0 N–H and O–H groups in total. The first kappa shape index (κ1) is 12.7. The summed E-state index contributed by atoms with van der Waals surface area (Å²) in [4.78, 5) is 13.6. The van der Waals surface area contributed by atoms with Gasteiger partial charge in [-0.05, 0) is 52.2 Å². The van der Waals surface area contributed by atoms with E-state index in [1.165, 1.54) is 6.42 Å². The van der Waals surface area contributed by atoms with E-state index in [2.05, 4.69) is 4.90 Å². The number of unbranched alkanes of at least 4 members (excludes halogenated alkanes) is 1. The molecule has 3 heteroatoms. The lowest BCUT2D eigenvalue weighted by molar-refractivity contribution is -0.122. The van der Waals surface area contributed by atoms with E-state index in [1.54, 1.807) is 14.0 Å². The van der Waals surface area contributed by atoms with Crippen LogP contribution in [0, 0.1) is 5.92 Å². The largest absolute Gasteiger partial charge is 0.385 e. The number of methoxy groups -OCH3 is 1. The molecular weight excluding hydrogens is 190 g/mol. The van der Waals surface area contributed by atoms with Crippen LogP contribution in [0.3, 0.4) is 0 Å². The molecule has 1 aliphatic rings. The van der Waals surface area contributed by atoms with Crippen molar-refractivity contribution in [1.29, 1.82) is 0 Å². The molecule has 0 bridgehead atoms. The van der Waals surface area contributed by atoms with Crippen molar-refractivity contribution in [2.75, 3.05) is 33.4 Å². The molecule has 3 nitrogen and oxygen atoms in total. The Morgan fingerprint density at radius 3 is 2.53 bits per heavy atom. The van der Waals surface area contributed by atoms with Gasteiger partial charge in [0, 0.05) is 19.6 Å². The summed E-state index contributed by atoms with van der Waals surface area (Å²) in [5, 5.41) is 0. The average molecular weight is 213 g/mol. The third-order valence-corrected chi connectivity index (χ3v) is 3.24. The Hall–Kier alpha value is -0.410. The Labute approximate surface area is 92.8 Å². The molecule has 0 saturated carbocycles. The number of carbonyl (C=O) groups excluding carboxylic acids is 1. The van der Waals surface area contributed by atoms with E-state index in [-0.39, 0.29) is 0 Å². The van der Waals surface area contributed by atoms with E-state index in [4.69, 9.17) is 4.74 Å². The summed E-state index contributed by atoms with van der Waals surface area (Å²) in [6, 6.07) is 0. The van der Waals surface area contributed by atoms with E-state index >= 15 is 0 Å². The molecule has 0 radical (unpaired) electrons. The lowest BCUT2D eigenvalue weighted by atomic mass is 9.93. The quantitative estimate of drug-likeness (QED) is 0.629. The maximum Gasteiger partial charge on any atom is 0.133 e. The van der Waals surface area contributed by atoms with E-state index in [0.29, 0.717) is 11.7 Å². The number of hydrogen-bond acceptors (Lipinski definition) is 3. The number of nitrogens with zero attached hydrogens (tertiary/aromatic N) is 1. The van der Waals surface area contributed by atoms with Crippen LogP contribution < -0.4 is 0 Å². The smallest absolute Gasteiger partial charge is 0.133 e. The highest BCUT2D eigenvalue weighted by molar-refractivity contribution is 5.78. The Balaban J connectivity index is 2.07. The molecule has 0 aromatic carbocycles. The molecule has 0 atom stereocenters. The predicted octanol–water partition coefficient (Wildman–Crippen LogP) is 1.71. The lowest BCUT2D eigenvalue weighted by Crippen LogP contribution is -2.36. The van der Waals surface area contributed by atoms with Crippen molar-refractivity contribution >= 4 is 5.78 Å². The van der Waals surface area contributed by atoms with Crippen LogP contribution in [0.4, 0.5) is 0 Å². The third-order valence-electron chi connectivity index (χ3n) is 3.24. The molecule has 15 heavy (non-hydrogen) atoms. The van der Waals surface area contributed by atoms with Crippen LogP contribution in [0.2, 0.25) is 0 Å². The molecule has 0 unspecified atom stereocenters. The van der Waals surface area contributed by atoms with Gasteiger partial charge in [0.15, 0.2) is 0 Å². The van der Waals surface area contributed by atoms with Gasteiger partial charge in [-0.25, -0.2) is 0 Å². The van der Waals surface area contributed by atoms with Crippen molar-refractivity contribution in [2.45, 2.75) is 32.6 Å². The van der Waals surface area contributed by atoms with E-state index in [1.807, 2.05) is 0 Å². The molecule has 1 rings (SSSR count). The Morgan fingerprint density at radius 2 is 2.00 bits per heavy atom. The number of piperidine rings is 1. The topological polar surface area (TPSA) is 29.5 Å². The molecule has 1 saturated heterocycles. The van der Waals surface area contributed by atoms with Crippen molar-refractivity contribution in [3.8, 4) is 0 Å². The van der Waals surface area contributed by atoms with Gasteiger partial charge >= 0.3 is 0 Å². The zero-order valence-corrected chi connectivity index (χ0v) is 10.00. The lowest BCUT2D eigenvalue weighted by Gasteiger charge is -2.30. The molecule has 0 aliphatic carbocycles. The maximum absolute atomic E-state index is 11.2. The molecule has 0 aromatic heterocycles. The first-order chi connectivity index (χ1) is 7.24. The zero-order chi connectivity index (χ0) is 11.1. The van der Waals surface area contributed by atoms with Crippen molar-refractivity contribution < 1.29 is 9.53 Å². The van der Waals surface area contributed by atoms with Crippen LogP contribution in [0.5, 0.6) is 0 Å². The van der Waals surface area contributed by atoms with Crippen molar-refractivity contribution in [3.63, 3.8) is 0 Å². The molecule has 1 fully saturated rings. The van der Waals surface area contributed by atoms with Gasteiger partial charge in [0.05, 0.1) is 0 Å². The van der Waals surface area contributed by atoms with Gasteiger partial charge in [-0.3, -0.25) is 4.79 Å². The SMILES string of the molecule is COCCCCN1CCC(C(C)=O)CC1. The van der Waals surface area contributed by atoms with E-state index < -0.39 is 0 Å². The van der Waals surface area contributed by atoms with Crippen LogP contribution in [-0.2, 0) is 9.53 Å². The molecular formula is C12H23NO2. The Morgan fingerprint density at radius 1 is 1.33 bits per heavy atom. The van der Waals surface area contributed by atoms with Crippen LogP contribution in [0.15, 0.2) is 0 Å². The standard InChI is InChI=1S/C12H23NO2/c1-11(14)12-5-8-13(9-6-12)7-3-4-10-15-2/h12H,3-10H2,1-2H3. The van der Waals surface area contributed by atoms with Gasteiger partial charge in [-0.1, -0.05) is 0 Å². The summed E-state index contributed by atoms with van der Waals surface area (Å²) < 4.78 is 5.02. The fourth-order valence-corrected chi connectivity index (χ4v) is 2.14. The summed E-state index contributed by atoms with van der Waals surface area (Å²) >= 11 is 0. The van der Waals surface area contributed by atoms with Crippen molar-refractivity contribution in [1.82, 2.24) is 4.90 Å². The Bertz CT molecular complexity index is 186. The zero-order valence-electron chi connectivity index (χ0n) is 10.00. The fourth-order valence-electron chi connectivity index (χ4n) is 2.14. The van der Waals surface area contributed by atoms with Gasteiger partial charge in [-0.15, -0.1) is 0 Å². The first-order valence-electron chi connectivity index (χ1n) is 5.95. The summed E-state index contributed by atoms with van der Waals surface area (Å²) in [5.41, 5.74) is 0. The highest BCUT2D eigenvalue weighted by Gasteiger charge is 2.21. The second-order valence-corrected chi connectivity index (χ2v) is 4.43. The number of ether oxygens (including phenoxy) is 1. The van der Waals surface area contributed by atoms with E-state index in [0.717, 1.165) is 45.5 Å². The van der Waals surface area contributed by atoms with Gasteiger partial charge in [0.1, 0.15) is 5.78 Å². The molecule has 1 heterocycles. The minimum absolute atomic E-state index is 0.334.